The van der Waals surface area contributed by atoms with E-state index in [0.29, 0.717) is 19.8 Å². The molecule has 0 saturated carbocycles. The molecule has 108 valence electrons. The Balaban J connectivity index is 2.71. The quantitative estimate of drug-likeness (QED) is 0.703. The van der Waals surface area contributed by atoms with Crippen LogP contribution in [0.2, 0.25) is 0 Å². The van der Waals surface area contributed by atoms with Crippen molar-refractivity contribution in [2.45, 2.75) is 46.3 Å². The van der Waals surface area contributed by atoms with E-state index in [1.54, 1.807) is 0 Å². The van der Waals surface area contributed by atoms with E-state index in [1.807, 2.05) is 32.0 Å². The molecule has 0 spiro atoms. The summed E-state index contributed by atoms with van der Waals surface area (Å²) in [6, 6.07) is 8.12. The largest absolute Gasteiger partial charge is 0.488 e. The lowest BCUT2D eigenvalue weighted by Gasteiger charge is -2.24. The predicted octanol–water partition coefficient (Wildman–Crippen LogP) is 3.76. The summed E-state index contributed by atoms with van der Waals surface area (Å²) in [7, 11) is 0. The molecule has 0 saturated heterocycles. The smallest absolute Gasteiger partial charge is 0.191 e. The van der Waals surface area contributed by atoms with E-state index in [1.165, 1.54) is 5.56 Å². The van der Waals surface area contributed by atoms with E-state index in [9.17, 15) is 0 Å². The third-order valence-electron chi connectivity index (χ3n) is 2.78. The predicted molar refractivity (Wildman–Crippen MR) is 77.7 cm³/mol. The van der Waals surface area contributed by atoms with Crippen molar-refractivity contribution in [3.05, 3.63) is 29.8 Å². The van der Waals surface area contributed by atoms with Crippen molar-refractivity contribution >= 4 is 0 Å². The molecule has 3 nitrogen and oxygen atoms in total. The Morgan fingerprint density at radius 3 is 2.11 bits per heavy atom. The second-order valence-corrected chi connectivity index (χ2v) is 5.40. The Labute approximate surface area is 116 Å². The minimum Gasteiger partial charge on any atom is -0.488 e. The molecule has 0 aliphatic carbocycles. The SMILES string of the molecule is CCOC(COc1ccccc1C(C)(C)C)OCC. The molecule has 0 aromatic heterocycles. The zero-order valence-corrected chi connectivity index (χ0v) is 12.7. The van der Waals surface area contributed by atoms with Gasteiger partial charge in [-0.3, -0.25) is 0 Å². The monoisotopic (exact) mass is 266 g/mol. The summed E-state index contributed by atoms with van der Waals surface area (Å²) in [6.45, 7) is 12.1. The molecule has 0 amide bonds. The van der Waals surface area contributed by atoms with Crippen molar-refractivity contribution in [3.63, 3.8) is 0 Å². The fourth-order valence-corrected chi connectivity index (χ4v) is 1.89. The Morgan fingerprint density at radius 2 is 1.58 bits per heavy atom. The fourth-order valence-electron chi connectivity index (χ4n) is 1.89. The van der Waals surface area contributed by atoms with Gasteiger partial charge in [0.05, 0.1) is 0 Å². The molecule has 0 aliphatic rings. The van der Waals surface area contributed by atoms with Gasteiger partial charge in [0.1, 0.15) is 12.4 Å². The molecule has 19 heavy (non-hydrogen) atoms. The third-order valence-corrected chi connectivity index (χ3v) is 2.78. The maximum Gasteiger partial charge on any atom is 0.191 e. The van der Waals surface area contributed by atoms with E-state index in [2.05, 4.69) is 26.8 Å². The molecule has 1 aromatic carbocycles. The summed E-state index contributed by atoms with van der Waals surface area (Å²) < 4.78 is 16.8. The van der Waals surface area contributed by atoms with Crippen molar-refractivity contribution in [2.75, 3.05) is 19.8 Å². The molecule has 0 heterocycles. The van der Waals surface area contributed by atoms with E-state index in [4.69, 9.17) is 14.2 Å². The van der Waals surface area contributed by atoms with Crippen LogP contribution in [-0.2, 0) is 14.9 Å². The average molecular weight is 266 g/mol. The highest BCUT2D eigenvalue weighted by atomic mass is 16.7. The highest BCUT2D eigenvalue weighted by Crippen LogP contribution is 2.31. The summed E-state index contributed by atoms with van der Waals surface area (Å²) in [5, 5.41) is 0. The van der Waals surface area contributed by atoms with Gasteiger partial charge < -0.3 is 14.2 Å². The highest BCUT2D eigenvalue weighted by molar-refractivity contribution is 5.38. The maximum atomic E-state index is 5.88. The molecular weight excluding hydrogens is 240 g/mol. The van der Waals surface area contributed by atoms with Crippen LogP contribution in [0, 0.1) is 0 Å². The third kappa shape index (κ3) is 5.21. The fraction of sp³-hybridized carbons (Fsp3) is 0.625. The summed E-state index contributed by atoms with van der Waals surface area (Å²) in [6.07, 6.45) is -0.303. The van der Waals surface area contributed by atoms with Gasteiger partial charge in [-0.2, -0.15) is 0 Å². The first-order valence-corrected chi connectivity index (χ1v) is 6.94. The maximum absolute atomic E-state index is 5.88. The average Bonchev–Trinajstić information content (AvgIpc) is 2.36. The Morgan fingerprint density at radius 1 is 1.00 bits per heavy atom. The highest BCUT2D eigenvalue weighted by Gasteiger charge is 2.19. The second-order valence-electron chi connectivity index (χ2n) is 5.40. The first-order valence-electron chi connectivity index (χ1n) is 6.94. The van der Waals surface area contributed by atoms with Gasteiger partial charge in [-0.05, 0) is 30.9 Å². The molecule has 0 N–H and O–H groups in total. The van der Waals surface area contributed by atoms with E-state index in [-0.39, 0.29) is 11.7 Å². The summed E-state index contributed by atoms with van der Waals surface area (Å²) in [4.78, 5) is 0. The first kappa shape index (κ1) is 16.0. The molecule has 1 aromatic rings. The lowest BCUT2D eigenvalue weighted by Crippen LogP contribution is -2.26. The lowest BCUT2D eigenvalue weighted by atomic mass is 9.86. The van der Waals surface area contributed by atoms with Crippen molar-refractivity contribution in [3.8, 4) is 5.75 Å². The zero-order valence-electron chi connectivity index (χ0n) is 12.7. The molecule has 0 aliphatic heterocycles. The van der Waals surface area contributed by atoms with E-state index >= 15 is 0 Å². The molecule has 3 heteroatoms. The lowest BCUT2D eigenvalue weighted by molar-refractivity contribution is -0.152. The Hall–Kier alpha value is -1.06. The van der Waals surface area contributed by atoms with Crippen molar-refractivity contribution in [1.82, 2.24) is 0 Å². The molecule has 0 atom stereocenters. The van der Waals surface area contributed by atoms with Crippen molar-refractivity contribution in [2.24, 2.45) is 0 Å². The van der Waals surface area contributed by atoms with E-state index in [0.717, 1.165) is 5.75 Å². The van der Waals surface area contributed by atoms with Crippen LogP contribution in [0.4, 0.5) is 0 Å². The van der Waals surface area contributed by atoms with Gasteiger partial charge in [-0.15, -0.1) is 0 Å². The van der Waals surface area contributed by atoms with Crippen LogP contribution in [0.5, 0.6) is 5.75 Å². The molecule has 0 bridgehead atoms. The summed E-state index contributed by atoms with van der Waals surface area (Å²) in [5.41, 5.74) is 1.25. The van der Waals surface area contributed by atoms with Crippen LogP contribution in [0.3, 0.4) is 0 Å². The van der Waals surface area contributed by atoms with Crippen LogP contribution in [0.15, 0.2) is 24.3 Å². The molecule has 0 radical (unpaired) electrons. The zero-order chi connectivity index (χ0) is 14.3. The second kappa shape index (κ2) is 7.51. The Kier molecular flexibility index (Phi) is 6.32. The Bertz CT molecular complexity index is 363. The van der Waals surface area contributed by atoms with Gasteiger partial charge >= 0.3 is 0 Å². The van der Waals surface area contributed by atoms with E-state index < -0.39 is 0 Å². The van der Waals surface area contributed by atoms with Gasteiger partial charge in [0.2, 0.25) is 0 Å². The minimum atomic E-state index is -0.303. The van der Waals surface area contributed by atoms with Crippen LogP contribution < -0.4 is 4.74 Å². The summed E-state index contributed by atoms with van der Waals surface area (Å²) in [5.74, 6) is 0.902. The van der Waals surface area contributed by atoms with Gasteiger partial charge in [0, 0.05) is 13.2 Å². The van der Waals surface area contributed by atoms with Gasteiger partial charge in [0.25, 0.3) is 0 Å². The minimum absolute atomic E-state index is 0.0588. The molecule has 0 fully saturated rings. The van der Waals surface area contributed by atoms with Crippen LogP contribution >= 0.6 is 0 Å². The van der Waals surface area contributed by atoms with Crippen LogP contribution in [0.25, 0.3) is 0 Å². The summed E-state index contributed by atoms with van der Waals surface area (Å²) >= 11 is 0. The van der Waals surface area contributed by atoms with Crippen LogP contribution in [0.1, 0.15) is 40.2 Å². The normalized spacial score (nSPS) is 11.9. The molecule has 0 unspecified atom stereocenters. The van der Waals surface area contributed by atoms with Gasteiger partial charge in [0.15, 0.2) is 6.29 Å². The number of ether oxygens (including phenoxy) is 3. The number of benzene rings is 1. The number of rotatable bonds is 7. The molecule has 1 rings (SSSR count). The van der Waals surface area contributed by atoms with Crippen molar-refractivity contribution < 1.29 is 14.2 Å². The topological polar surface area (TPSA) is 27.7 Å². The molecular formula is C16H26O3. The number of hydrogen-bond donors (Lipinski definition) is 0. The number of para-hydroxylation sites is 1. The standard InChI is InChI=1S/C16H26O3/c1-6-17-15(18-7-2)12-19-14-11-9-8-10-13(14)16(3,4)5/h8-11,15H,6-7,12H2,1-5H3. The van der Waals surface area contributed by atoms with Gasteiger partial charge in [-0.25, -0.2) is 0 Å². The first-order chi connectivity index (χ1) is 8.99. The van der Waals surface area contributed by atoms with Crippen molar-refractivity contribution in [1.29, 1.82) is 0 Å². The number of hydrogen-bond acceptors (Lipinski definition) is 3. The van der Waals surface area contributed by atoms with Gasteiger partial charge in [-0.1, -0.05) is 39.0 Å². The van der Waals surface area contributed by atoms with Crippen LogP contribution in [-0.4, -0.2) is 26.1 Å².